The number of nitrogens with one attached hydrogen (secondary N) is 2. The standard InChI is InChI=1S/C21H26BrN3O2/c1-16(18-7-9-19(22)10-8-18)24-21(26)23-13-20-15-25(11-12-27-20)14-17-5-3-2-4-6-17/h2-10,16,20H,11-15H2,1H3,(H2,23,24,26). The van der Waals surface area contributed by atoms with Crippen molar-refractivity contribution >= 4 is 22.0 Å². The number of rotatable bonds is 6. The highest BCUT2D eigenvalue weighted by atomic mass is 79.9. The molecule has 1 aliphatic rings. The SMILES string of the molecule is CC(NC(=O)NCC1CN(Cc2ccccc2)CCO1)c1ccc(Br)cc1. The van der Waals surface area contributed by atoms with Gasteiger partial charge in [-0.3, -0.25) is 4.90 Å². The Morgan fingerprint density at radius 3 is 2.70 bits per heavy atom. The van der Waals surface area contributed by atoms with E-state index in [2.05, 4.69) is 55.7 Å². The first kappa shape index (κ1) is 19.9. The van der Waals surface area contributed by atoms with E-state index < -0.39 is 0 Å². The zero-order valence-corrected chi connectivity index (χ0v) is 17.1. The van der Waals surface area contributed by atoms with Gasteiger partial charge < -0.3 is 15.4 Å². The van der Waals surface area contributed by atoms with Crippen LogP contribution >= 0.6 is 15.9 Å². The molecular weight excluding hydrogens is 406 g/mol. The predicted octanol–water partition coefficient (Wildman–Crippen LogP) is 3.71. The molecule has 2 amide bonds. The predicted molar refractivity (Wildman–Crippen MR) is 111 cm³/mol. The van der Waals surface area contributed by atoms with Crippen LogP contribution in [0.25, 0.3) is 0 Å². The number of carbonyl (C=O) groups excluding carboxylic acids is 1. The van der Waals surface area contributed by atoms with E-state index in [1.807, 2.05) is 37.3 Å². The molecule has 1 heterocycles. The number of halogens is 1. The lowest BCUT2D eigenvalue weighted by molar-refractivity contribution is -0.0287. The molecule has 0 aliphatic carbocycles. The minimum absolute atomic E-state index is 0.0104. The van der Waals surface area contributed by atoms with Crippen molar-refractivity contribution < 1.29 is 9.53 Å². The minimum atomic E-state index is -0.172. The molecule has 2 unspecified atom stereocenters. The Morgan fingerprint density at radius 1 is 1.22 bits per heavy atom. The van der Waals surface area contributed by atoms with E-state index in [1.165, 1.54) is 5.56 Å². The third-order valence-electron chi connectivity index (χ3n) is 4.68. The summed E-state index contributed by atoms with van der Waals surface area (Å²) in [7, 11) is 0. The molecule has 144 valence electrons. The first-order valence-electron chi connectivity index (χ1n) is 9.28. The van der Waals surface area contributed by atoms with Crippen molar-refractivity contribution in [1.29, 1.82) is 0 Å². The highest BCUT2D eigenvalue weighted by Crippen LogP contribution is 2.16. The molecule has 27 heavy (non-hydrogen) atoms. The summed E-state index contributed by atoms with van der Waals surface area (Å²) in [6, 6.07) is 18.2. The third-order valence-corrected chi connectivity index (χ3v) is 5.21. The molecule has 2 aromatic carbocycles. The Morgan fingerprint density at radius 2 is 1.96 bits per heavy atom. The molecule has 2 N–H and O–H groups in total. The summed E-state index contributed by atoms with van der Waals surface area (Å²) >= 11 is 3.42. The maximum absolute atomic E-state index is 12.2. The van der Waals surface area contributed by atoms with E-state index in [0.717, 1.165) is 29.7 Å². The lowest BCUT2D eigenvalue weighted by Crippen LogP contribution is -2.48. The van der Waals surface area contributed by atoms with Crippen molar-refractivity contribution in [2.45, 2.75) is 25.6 Å². The van der Waals surface area contributed by atoms with E-state index in [1.54, 1.807) is 0 Å². The van der Waals surface area contributed by atoms with Crippen LogP contribution in [-0.4, -0.2) is 43.3 Å². The second kappa shape index (κ2) is 9.88. The van der Waals surface area contributed by atoms with E-state index in [0.29, 0.717) is 13.2 Å². The summed E-state index contributed by atoms with van der Waals surface area (Å²) in [6.45, 7) is 5.81. The number of hydrogen-bond acceptors (Lipinski definition) is 3. The van der Waals surface area contributed by atoms with Gasteiger partial charge in [-0.15, -0.1) is 0 Å². The fourth-order valence-corrected chi connectivity index (χ4v) is 3.44. The summed E-state index contributed by atoms with van der Waals surface area (Å²) in [5.41, 5.74) is 2.36. The van der Waals surface area contributed by atoms with Crippen molar-refractivity contribution in [2.24, 2.45) is 0 Å². The van der Waals surface area contributed by atoms with E-state index in [-0.39, 0.29) is 18.2 Å². The molecule has 0 saturated carbocycles. The average Bonchev–Trinajstić information content (AvgIpc) is 2.68. The van der Waals surface area contributed by atoms with Gasteiger partial charge in [-0.25, -0.2) is 4.79 Å². The zero-order chi connectivity index (χ0) is 19.1. The van der Waals surface area contributed by atoms with Gasteiger partial charge in [0.1, 0.15) is 0 Å². The van der Waals surface area contributed by atoms with Gasteiger partial charge in [0.15, 0.2) is 0 Å². The molecule has 3 rings (SSSR count). The topological polar surface area (TPSA) is 53.6 Å². The second-order valence-electron chi connectivity index (χ2n) is 6.84. The highest BCUT2D eigenvalue weighted by molar-refractivity contribution is 9.10. The molecule has 0 bridgehead atoms. The van der Waals surface area contributed by atoms with Crippen molar-refractivity contribution in [3.8, 4) is 0 Å². The maximum Gasteiger partial charge on any atom is 0.315 e. The van der Waals surface area contributed by atoms with Gasteiger partial charge in [-0.1, -0.05) is 58.4 Å². The highest BCUT2D eigenvalue weighted by Gasteiger charge is 2.21. The van der Waals surface area contributed by atoms with Crippen LogP contribution in [0.2, 0.25) is 0 Å². The fourth-order valence-electron chi connectivity index (χ4n) is 3.18. The Balaban J connectivity index is 1.42. The minimum Gasteiger partial charge on any atom is -0.374 e. The average molecular weight is 432 g/mol. The van der Waals surface area contributed by atoms with Gasteiger partial charge in [0.25, 0.3) is 0 Å². The van der Waals surface area contributed by atoms with Crippen LogP contribution in [0.1, 0.15) is 24.1 Å². The van der Waals surface area contributed by atoms with Gasteiger partial charge in [-0.05, 0) is 30.2 Å². The number of carbonyl (C=O) groups is 1. The summed E-state index contributed by atoms with van der Waals surface area (Å²) in [4.78, 5) is 14.6. The first-order chi connectivity index (χ1) is 13.1. The second-order valence-corrected chi connectivity index (χ2v) is 7.76. The summed E-state index contributed by atoms with van der Waals surface area (Å²) in [6.07, 6.45) is 0.0104. The van der Waals surface area contributed by atoms with Crippen LogP contribution in [0.3, 0.4) is 0 Å². The van der Waals surface area contributed by atoms with Crippen LogP contribution in [-0.2, 0) is 11.3 Å². The van der Waals surface area contributed by atoms with Crippen molar-refractivity contribution in [3.05, 3.63) is 70.2 Å². The Labute approximate surface area is 169 Å². The fraction of sp³-hybridized carbons (Fsp3) is 0.381. The monoisotopic (exact) mass is 431 g/mol. The van der Waals surface area contributed by atoms with Crippen LogP contribution in [0, 0.1) is 0 Å². The molecule has 5 nitrogen and oxygen atoms in total. The number of hydrogen-bond donors (Lipinski definition) is 2. The van der Waals surface area contributed by atoms with Crippen LogP contribution in [0.4, 0.5) is 4.79 Å². The van der Waals surface area contributed by atoms with E-state index in [9.17, 15) is 4.79 Å². The van der Waals surface area contributed by atoms with Crippen molar-refractivity contribution in [2.75, 3.05) is 26.2 Å². The van der Waals surface area contributed by atoms with Crippen molar-refractivity contribution in [1.82, 2.24) is 15.5 Å². The smallest absolute Gasteiger partial charge is 0.315 e. The molecule has 2 atom stereocenters. The summed E-state index contributed by atoms with van der Waals surface area (Å²) < 4.78 is 6.84. The first-order valence-corrected chi connectivity index (χ1v) is 10.1. The molecule has 2 aromatic rings. The number of benzene rings is 2. The lowest BCUT2D eigenvalue weighted by Gasteiger charge is -2.33. The molecule has 0 spiro atoms. The van der Waals surface area contributed by atoms with Gasteiger partial charge >= 0.3 is 6.03 Å². The normalized spacial score (nSPS) is 18.7. The molecular formula is C21H26BrN3O2. The molecule has 6 heteroatoms. The Hall–Kier alpha value is -1.89. The Kier molecular flexibility index (Phi) is 7.26. The molecule has 1 aliphatic heterocycles. The van der Waals surface area contributed by atoms with Crippen LogP contribution < -0.4 is 10.6 Å². The Bertz CT molecular complexity index is 724. The molecule has 0 radical (unpaired) electrons. The molecule has 0 aromatic heterocycles. The number of nitrogens with zero attached hydrogens (tertiary/aromatic N) is 1. The van der Waals surface area contributed by atoms with Crippen LogP contribution in [0.5, 0.6) is 0 Å². The van der Waals surface area contributed by atoms with Gasteiger partial charge in [0.2, 0.25) is 0 Å². The zero-order valence-electron chi connectivity index (χ0n) is 15.5. The van der Waals surface area contributed by atoms with E-state index in [4.69, 9.17) is 4.74 Å². The number of ether oxygens (including phenoxy) is 1. The maximum atomic E-state index is 12.2. The van der Waals surface area contributed by atoms with Gasteiger partial charge in [0.05, 0.1) is 18.8 Å². The quantitative estimate of drug-likeness (QED) is 0.732. The molecule has 1 saturated heterocycles. The van der Waals surface area contributed by atoms with E-state index >= 15 is 0 Å². The number of urea groups is 1. The van der Waals surface area contributed by atoms with Gasteiger partial charge in [0, 0.05) is 30.7 Å². The third kappa shape index (κ3) is 6.34. The number of morpholine rings is 1. The molecule has 1 fully saturated rings. The van der Waals surface area contributed by atoms with Crippen molar-refractivity contribution in [3.63, 3.8) is 0 Å². The van der Waals surface area contributed by atoms with Gasteiger partial charge in [-0.2, -0.15) is 0 Å². The van der Waals surface area contributed by atoms with Crippen LogP contribution in [0.15, 0.2) is 59.1 Å². The summed E-state index contributed by atoms with van der Waals surface area (Å²) in [5.74, 6) is 0. The summed E-state index contributed by atoms with van der Waals surface area (Å²) in [5, 5.41) is 5.91. The number of amides is 2. The largest absolute Gasteiger partial charge is 0.374 e. The lowest BCUT2D eigenvalue weighted by atomic mass is 10.1.